The lowest BCUT2D eigenvalue weighted by Crippen LogP contribution is -2.20. The summed E-state index contributed by atoms with van der Waals surface area (Å²) in [6.07, 6.45) is 1.74. The van der Waals surface area contributed by atoms with Crippen molar-refractivity contribution in [2.24, 2.45) is 0 Å². The van der Waals surface area contributed by atoms with E-state index in [0.717, 1.165) is 5.56 Å². The maximum atomic E-state index is 12.0. The molecular formula is C18H12Cl2N2O3S2. The van der Waals surface area contributed by atoms with Gasteiger partial charge < -0.3 is 15.4 Å². The molecule has 0 saturated carbocycles. The number of ether oxygens (including phenoxy) is 1. The molecule has 0 spiro atoms. The molecule has 1 heterocycles. The van der Waals surface area contributed by atoms with Crippen molar-refractivity contribution in [1.29, 1.82) is 0 Å². The molecule has 2 N–H and O–H groups in total. The summed E-state index contributed by atoms with van der Waals surface area (Å²) in [5.74, 6) is -0.00286. The van der Waals surface area contributed by atoms with Crippen molar-refractivity contribution in [1.82, 2.24) is 5.32 Å². The van der Waals surface area contributed by atoms with Gasteiger partial charge in [-0.15, -0.1) is 0 Å². The minimum absolute atomic E-state index is 0.160. The van der Waals surface area contributed by atoms with Gasteiger partial charge in [-0.2, -0.15) is 0 Å². The Morgan fingerprint density at radius 3 is 2.56 bits per heavy atom. The van der Waals surface area contributed by atoms with Crippen LogP contribution in [0.2, 0.25) is 10.0 Å². The highest BCUT2D eigenvalue weighted by molar-refractivity contribution is 8.26. The van der Waals surface area contributed by atoms with E-state index in [-0.39, 0.29) is 18.4 Å². The molecule has 27 heavy (non-hydrogen) atoms. The maximum Gasteiger partial charge on any atom is 0.263 e. The van der Waals surface area contributed by atoms with E-state index in [1.807, 2.05) is 0 Å². The molecule has 1 aliphatic heterocycles. The number of halogens is 2. The topological polar surface area (TPSA) is 67.4 Å². The minimum Gasteiger partial charge on any atom is -0.484 e. The second-order valence-electron chi connectivity index (χ2n) is 5.39. The lowest BCUT2D eigenvalue weighted by atomic mass is 10.2. The van der Waals surface area contributed by atoms with Gasteiger partial charge in [0, 0.05) is 5.69 Å². The predicted molar refractivity (Wildman–Crippen MR) is 113 cm³/mol. The predicted octanol–water partition coefficient (Wildman–Crippen LogP) is 4.50. The Morgan fingerprint density at radius 2 is 1.93 bits per heavy atom. The molecule has 0 radical (unpaired) electrons. The van der Waals surface area contributed by atoms with Crippen molar-refractivity contribution in [3.8, 4) is 5.75 Å². The molecule has 1 fully saturated rings. The molecule has 0 unspecified atom stereocenters. The van der Waals surface area contributed by atoms with Crippen molar-refractivity contribution < 1.29 is 14.3 Å². The van der Waals surface area contributed by atoms with Gasteiger partial charge >= 0.3 is 0 Å². The number of amides is 2. The fraction of sp³-hybridized carbons (Fsp3) is 0.0556. The largest absolute Gasteiger partial charge is 0.484 e. The van der Waals surface area contributed by atoms with E-state index < -0.39 is 0 Å². The molecule has 138 valence electrons. The first-order valence-electron chi connectivity index (χ1n) is 7.63. The van der Waals surface area contributed by atoms with Crippen LogP contribution in [0.3, 0.4) is 0 Å². The number of hydrogen-bond acceptors (Lipinski definition) is 5. The van der Waals surface area contributed by atoms with Crippen molar-refractivity contribution >= 4 is 75.1 Å². The smallest absolute Gasteiger partial charge is 0.263 e. The molecule has 2 aromatic rings. The third kappa shape index (κ3) is 5.46. The van der Waals surface area contributed by atoms with Crippen LogP contribution in [0.1, 0.15) is 5.56 Å². The minimum atomic E-state index is -0.327. The fourth-order valence-corrected chi connectivity index (χ4v) is 3.49. The molecule has 0 aliphatic carbocycles. The normalized spacial score (nSPS) is 15.0. The lowest BCUT2D eigenvalue weighted by Gasteiger charge is -2.08. The second kappa shape index (κ2) is 8.75. The third-order valence-corrected chi connectivity index (χ3v) is 5.29. The average molecular weight is 439 g/mol. The number of rotatable bonds is 5. The van der Waals surface area contributed by atoms with Gasteiger partial charge in [0.05, 0.1) is 15.0 Å². The molecule has 2 aromatic carbocycles. The van der Waals surface area contributed by atoms with E-state index >= 15 is 0 Å². The van der Waals surface area contributed by atoms with E-state index in [2.05, 4.69) is 10.6 Å². The summed E-state index contributed by atoms with van der Waals surface area (Å²) >= 11 is 17.9. The standard InChI is InChI=1S/C18H12Cl2N2O3S2/c19-13-6-3-11(8-14(13)20)21-16(23)9-25-12-4-1-10(2-5-12)7-15-17(24)22-18(26)27-15/h1-8H,9H2,(H,21,23)(H,22,24,26)/b15-7-. The van der Waals surface area contributed by atoms with E-state index in [1.54, 1.807) is 48.5 Å². The summed E-state index contributed by atoms with van der Waals surface area (Å²) in [4.78, 5) is 24.2. The van der Waals surface area contributed by atoms with Crippen molar-refractivity contribution in [2.45, 2.75) is 0 Å². The second-order valence-corrected chi connectivity index (χ2v) is 7.92. The van der Waals surface area contributed by atoms with Crippen molar-refractivity contribution in [3.63, 3.8) is 0 Å². The van der Waals surface area contributed by atoms with Crippen LogP contribution in [0.15, 0.2) is 47.4 Å². The van der Waals surface area contributed by atoms with Crippen LogP contribution in [-0.2, 0) is 9.59 Å². The number of thioether (sulfide) groups is 1. The molecule has 1 aliphatic rings. The Kier molecular flexibility index (Phi) is 6.38. The molecule has 0 aromatic heterocycles. The summed E-state index contributed by atoms with van der Waals surface area (Å²) in [6.45, 7) is -0.160. The van der Waals surface area contributed by atoms with Gasteiger partial charge in [-0.1, -0.05) is 59.3 Å². The molecule has 1 saturated heterocycles. The monoisotopic (exact) mass is 438 g/mol. The van der Waals surface area contributed by atoms with Crippen molar-refractivity contribution in [3.05, 3.63) is 63.0 Å². The molecule has 2 amide bonds. The van der Waals surface area contributed by atoms with Gasteiger partial charge in [0.25, 0.3) is 11.8 Å². The number of benzene rings is 2. The zero-order valence-corrected chi connectivity index (χ0v) is 16.8. The van der Waals surface area contributed by atoms with E-state index in [4.69, 9.17) is 40.2 Å². The van der Waals surface area contributed by atoms with Gasteiger partial charge in [0.1, 0.15) is 10.1 Å². The summed E-state index contributed by atoms with van der Waals surface area (Å²) in [5, 5.41) is 6.00. The van der Waals surface area contributed by atoms with Gasteiger partial charge in [0.15, 0.2) is 6.61 Å². The maximum absolute atomic E-state index is 12.0. The van der Waals surface area contributed by atoms with E-state index in [1.165, 1.54) is 11.8 Å². The molecule has 9 heteroatoms. The number of thiocarbonyl (C=S) groups is 1. The van der Waals surface area contributed by atoms with E-state index in [9.17, 15) is 9.59 Å². The van der Waals surface area contributed by atoms with Gasteiger partial charge in [-0.05, 0) is 42.0 Å². The highest BCUT2D eigenvalue weighted by Gasteiger charge is 2.21. The highest BCUT2D eigenvalue weighted by atomic mass is 35.5. The number of anilines is 1. The Hall–Kier alpha value is -2.06. The first-order chi connectivity index (χ1) is 12.9. The molecule has 0 atom stereocenters. The summed E-state index contributed by atoms with van der Waals surface area (Å²) in [6, 6.07) is 11.8. The average Bonchev–Trinajstić information content (AvgIpc) is 2.95. The Labute approximate surface area is 175 Å². The fourth-order valence-electron chi connectivity index (χ4n) is 2.15. The summed E-state index contributed by atoms with van der Waals surface area (Å²) in [7, 11) is 0. The van der Waals surface area contributed by atoms with E-state index in [0.29, 0.717) is 30.7 Å². The number of nitrogens with one attached hydrogen (secondary N) is 2. The molecule has 5 nitrogen and oxygen atoms in total. The van der Waals surface area contributed by atoms with Gasteiger partial charge in [0.2, 0.25) is 0 Å². The molecule has 0 bridgehead atoms. The number of carbonyl (C=O) groups is 2. The van der Waals surface area contributed by atoms with Gasteiger partial charge in [-0.25, -0.2) is 0 Å². The third-order valence-electron chi connectivity index (χ3n) is 3.39. The van der Waals surface area contributed by atoms with Crippen LogP contribution in [0, 0.1) is 0 Å². The Balaban J connectivity index is 1.54. The van der Waals surface area contributed by atoms with Crippen LogP contribution >= 0.6 is 47.2 Å². The SMILES string of the molecule is O=C(COc1ccc(/C=C2\SC(=S)NC2=O)cc1)Nc1ccc(Cl)c(Cl)c1. The lowest BCUT2D eigenvalue weighted by molar-refractivity contribution is -0.118. The zero-order valence-electron chi connectivity index (χ0n) is 13.6. The number of hydrogen-bond donors (Lipinski definition) is 2. The quantitative estimate of drug-likeness (QED) is 0.531. The summed E-state index contributed by atoms with van der Waals surface area (Å²) < 4.78 is 5.90. The van der Waals surface area contributed by atoms with Gasteiger partial charge in [-0.3, -0.25) is 9.59 Å². The van der Waals surface area contributed by atoms with Crippen LogP contribution in [0.5, 0.6) is 5.75 Å². The molecule has 3 rings (SSSR count). The summed E-state index contributed by atoms with van der Waals surface area (Å²) in [5.41, 5.74) is 1.36. The highest BCUT2D eigenvalue weighted by Crippen LogP contribution is 2.27. The van der Waals surface area contributed by atoms with Crippen LogP contribution in [0.25, 0.3) is 6.08 Å². The molecular weight excluding hydrogens is 427 g/mol. The number of carbonyl (C=O) groups excluding carboxylic acids is 2. The Morgan fingerprint density at radius 1 is 1.19 bits per heavy atom. The first-order valence-corrected chi connectivity index (χ1v) is 9.61. The zero-order chi connectivity index (χ0) is 19.4. The first kappa shape index (κ1) is 19.7. The Bertz CT molecular complexity index is 946. The van der Waals surface area contributed by atoms with Crippen LogP contribution in [0.4, 0.5) is 5.69 Å². The van der Waals surface area contributed by atoms with Crippen LogP contribution < -0.4 is 15.4 Å². The van der Waals surface area contributed by atoms with Crippen molar-refractivity contribution in [2.75, 3.05) is 11.9 Å². The van der Waals surface area contributed by atoms with Crippen LogP contribution in [-0.4, -0.2) is 22.7 Å².